The van der Waals surface area contributed by atoms with Gasteiger partial charge in [-0.3, -0.25) is 9.80 Å². The largest absolute Gasteiger partial charge is 0.368 e. The number of nitrogen functional groups attached to an aromatic ring is 1. The van der Waals surface area contributed by atoms with Crippen molar-refractivity contribution in [2.75, 3.05) is 37.2 Å². The zero-order chi connectivity index (χ0) is 24.0. The van der Waals surface area contributed by atoms with Crippen molar-refractivity contribution in [3.05, 3.63) is 107 Å². The number of anilines is 3. The third-order valence-electron chi connectivity index (χ3n) is 6.37. The average molecular weight is 466 g/mol. The first-order chi connectivity index (χ1) is 17.1. The maximum atomic E-state index is 6.00. The van der Waals surface area contributed by atoms with Crippen LogP contribution in [0.2, 0.25) is 0 Å². The summed E-state index contributed by atoms with van der Waals surface area (Å²) in [6, 6.07) is 29.9. The molecule has 5 rings (SSSR count). The molecule has 3 aromatic carbocycles. The van der Waals surface area contributed by atoms with Crippen LogP contribution < -0.4 is 11.1 Å². The Hall–Kier alpha value is -3.81. The first-order valence-electron chi connectivity index (χ1n) is 12.0. The van der Waals surface area contributed by atoms with Crippen molar-refractivity contribution in [1.29, 1.82) is 0 Å². The number of nitrogens with zero attached hydrogens (tertiary/aromatic N) is 5. The predicted molar refractivity (Wildman–Crippen MR) is 140 cm³/mol. The lowest BCUT2D eigenvalue weighted by Crippen LogP contribution is -2.47. The van der Waals surface area contributed by atoms with E-state index >= 15 is 0 Å². The van der Waals surface area contributed by atoms with Gasteiger partial charge < -0.3 is 11.1 Å². The monoisotopic (exact) mass is 465 g/mol. The van der Waals surface area contributed by atoms with Crippen LogP contribution in [0, 0.1) is 6.92 Å². The molecule has 0 amide bonds. The number of nitrogens with one attached hydrogen (secondary N) is 1. The lowest BCUT2D eigenvalue weighted by Gasteiger charge is -2.39. The summed E-state index contributed by atoms with van der Waals surface area (Å²) in [6.45, 7) is 6.49. The van der Waals surface area contributed by atoms with Crippen LogP contribution in [-0.4, -0.2) is 50.9 Å². The van der Waals surface area contributed by atoms with Gasteiger partial charge in [0.05, 0.1) is 12.6 Å². The molecule has 1 aromatic heterocycles. The smallest absolute Gasteiger partial charge is 0.232 e. The van der Waals surface area contributed by atoms with Crippen LogP contribution in [0.5, 0.6) is 0 Å². The molecule has 178 valence electrons. The van der Waals surface area contributed by atoms with Crippen molar-refractivity contribution < 1.29 is 0 Å². The van der Waals surface area contributed by atoms with Gasteiger partial charge in [0, 0.05) is 31.9 Å². The lowest BCUT2D eigenvalue weighted by molar-refractivity contribution is 0.103. The SMILES string of the molecule is Cc1ccc(Nc2nc(N)nc(CN3CCN(C(c4ccccc4)c4ccccc4)CC3)n2)cc1. The Balaban J connectivity index is 1.26. The Morgan fingerprint density at radius 1 is 0.771 bits per heavy atom. The zero-order valence-corrected chi connectivity index (χ0v) is 20.0. The van der Waals surface area contributed by atoms with Gasteiger partial charge in [0.2, 0.25) is 11.9 Å². The molecule has 0 aliphatic carbocycles. The third kappa shape index (κ3) is 5.82. The number of rotatable bonds is 7. The fraction of sp³-hybridized carbons (Fsp3) is 0.250. The van der Waals surface area contributed by atoms with Crippen molar-refractivity contribution in [1.82, 2.24) is 24.8 Å². The van der Waals surface area contributed by atoms with E-state index in [1.54, 1.807) is 0 Å². The molecule has 0 unspecified atom stereocenters. The third-order valence-corrected chi connectivity index (χ3v) is 6.37. The highest BCUT2D eigenvalue weighted by atomic mass is 15.3. The Labute approximate surface area is 206 Å². The van der Waals surface area contributed by atoms with E-state index in [9.17, 15) is 0 Å². The first kappa shape index (κ1) is 23.0. The van der Waals surface area contributed by atoms with Crippen molar-refractivity contribution >= 4 is 17.6 Å². The maximum Gasteiger partial charge on any atom is 0.232 e. The summed E-state index contributed by atoms with van der Waals surface area (Å²) < 4.78 is 0. The van der Waals surface area contributed by atoms with Crippen molar-refractivity contribution in [3.8, 4) is 0 Å². The van der Waals surface area contributed by atoms with Gasteiger partial charge in [-0.25, -0.2) is 0 Å². The van der Waals surface area contributed by atoms with E-state index in [2.05, 4.69) is 97.7 Å². The van der Waals surface area contributed by atoms with Gasteiger partial charge in [-0.1, -0.05) is 78.4 Å². The Morgan fingerprint density at radius 3 is 1.97 bits per heavy atom. The van der Waals surface area contributed by atoms with Gasteiger partial charge in [-0.15, -0.1) is 0 Å². The van der Waals surface area contributed by atoms with Crippen LogP contribution >= 0.6 is 0 Å². The summed E-state index contributed by atoms with van der Waals surface area (Å²) in [5.41, 5.74) is 10.8. The highest BCUT2D eigenvalue weighted by Gasteiger charge is 2.26. The fourth-order valence-electron chi connectivity index (χ4n) is 4.59. The molecular weight excluding hydrogens is 434 g/mol. The number of hydrogen-bond acceptors (Lipinski definition) is 7. The maximum absolute atomic E-state index is 6.00. The predicted octanol–water partition coefficient (Wildman–Crippen LogP) is 4.41. The lowest BCUT2D eigenvalue weighted by atomic mass is 9.96. The molecule has 0 radical (unpaired) electrons. The minimum absolute atomic E-state index is 0.233. The summed E-state index contributed by atoms with van der Waals surface area (Å²) in [4.78, 5) is 18.2. The second-order valence-electron chi connectivity index (χ2n) is 8.96. The highest BCUT2D eigenvalue weighted by Crippen LogP contribution is 2.29. The van der Waals surface area contributed by atoms with E-state index in [0.717, 1.165) is 31.9 Å². The molecule has 1 aliphatic rings. The molecule has 0 bridgehead atoms. The number of piperazine rings is 1. The van der Waals surface area contributed by atoms with Gasteiger partial charge in [0.25, 0.3) is 0 Å². The zero-order valence-electron chi connectivity index (χ0n) is 20.0. The second kappa shape index (κ2) is 10.6. The van der Waals surface area contributed by atoms with E-state index in [-0.39, 0.29) is 12.0 Å². The van der Waals surface area contributed by atoms with Gasteiger partial charge >= 0.3 is 0 Å². The summed E-state index contributed by atoms with van der Waals surface area (Å²) in [6.07, 6.45) is 0. The Kier molecular flexibility index (Phi) is 6.97. The molecule has 2 heterocycles. The molecule has 0 saturated carbocycles. The molecule has 0 atom stereocenters. The molecule has 7 nitrogen and oxygen atoms in total. The first-order valence-corrected chi connectivity index (χ1v) is 12.0. The van der Waals surface area contributed by atoms with Gasteiger partial charge in [0.15, 0.2) is 0 Å². The van der Waals surface area contributed by atoms with Gasteiger partial charge in [0.1, 0.15) is 5.82 Å². The van der Waals surface area contributed by atoms with Crippen molar-refractivity contribution in [3.63, 3.8) is 0 Å². The number of nitrogens with two attached hydrogens (primary N) is 1. The van der Waals surface area contributed by atoms with Crippen molar-refractivity contribution in [2.45, 2.75) is 19.5 Å². The number of hydrogen-bond donors (Lipinski definition) is 2. The van der Waals surface area contributed by atoms with E-state index in [1.165, 1.54) is 16.7 Å². The normalized spacial score (nSPS) is 14.8. The number of aromatic nitrogens is 3. The van der Waals surface area contributed by atoms with Crippen LogP contribution in [-0.2, 0) is 6.54 Å². The summed E-state index contributed by atoms with van der Waals surface area (Å²) in [5.74, 6) is 1.39. The second-order valence-corrected chi connectivity index (χ2v) is 8.96. The summed E-state index contributed by atoms with van der Waals surface area (Å²) >= 11 is 0. The fourth-order valence-corrected chi connectivity index (χ4v) is 4.59. The van der Waals surface area contributed by atoms with E-state index in [4.69, 9.17) is 5.73 Å². The summed E-state index contributed by atoms with van der Waals surface area (Å²) in [7, 11) is 0. The molecule has 4 aromatic rings. The van der Waals surface area contributed by atoms with Crippen LogP contribution in [0.4, 0.5) is 17.6 Å². The van der Waals surface area contributed by atoms with Crippen LogP contribution in [0.15, 0.2) is 84.9 Å². The molecule has 1 fully saturated rings. The van der Waals surface area contributed by atoms with E-state index < -0.39 is 0 Å². The van der Waals surface area contributed by atoms with Gasteiger partial charge in [-0.05, 0) is 30.2 Å². The van der Waals surface area contributed by atoms with Crippen LogP contribution in [0.3, 0.4) is 0 Å². The van der Waals surface area contributed by atoms with E-state index in [1.807, 2.05) is 24.3 Å². The molecule has 1 aliphatic heterocycles. The molecule has 1 saturated heterocycles. The molecule has 3 N–H and O–H groups in total. The summed E-state index contributed by atoms with van der Waals surface area (Å²) in [5, 5.41) is 3.24. The number of benzene rings is 3. The van der Waals surface area contributed by atoms with Crippen LogP contribution in [0.25, 0.3) is 0 Å². The van der Waals surface area contributed by atoms with Gasteiger partial charge in [-0.2, -0.15) is 15.0 Å². The standard InChI is InChI=1S/C28H31N7/c1-21-12-14-24(15-13-21)30-28-32-25(31-27(29)33-28)20-34-16-18-35(19-17-34)26(22-8-4-2-5-9-22)23-10-6-3-7-11-23/h2-15,26H,16-20H2,1H3,(H3,29,30,31,32,33). The van der Waals surface area contributed by atoms with Crippen LogP contribution in [0.1, 0.15) is 28.6 Å². The minimum atomic E-state index is 0.233. The topological polar surface area (TPSA) is 83.2 Å². The Bertz CT molecular complexity index is 1180. The van der Waals surface area contributed by atoms with Crippen molar-refractivity contribution in [2.24, 2.45) is 0 Å². The quantitative estimate of drug-likeness (QED) is 0.418. The molecule has 0 spiro atoms. The Morgan fingerprint density at radius 2 is 1.37 bits per heavy atom. The highest BCUT2D eigenvalue weighted by molar-refractivity contribution is 5.54. The average Bonchev–Trinajstić information content (AvgIpc) is 2.88. The number of aryl methyl sites for hydroxylation is 1. The van der Waals surface area contributed by atoms with E-state index in [0.29, 0.717) is 18.3 Å². The minimum Gasteiger partial charge on any atom is -0.368 e. The molecule has 7 heteroatoms. The molecular formula is C28H31N7. The molecule has 35 heavy (non-hydrogen) atoms.